The lowest BCUT2D eigenvalue weighted by molar-refractivity contribution is -0.116. The fourth-order valence-electron chi connectivity index (χ4n) is 1.88. The van der Waals surface area contributed by atoms with Gasteiger partial charge in [0.05, 0.1) is 5.56 Å². The van der Waals surface area contributed by atoms with Crippen molar-refractivity contribution in [3.05, 3.63) is 47.3 Å². The van der Waals surface area contributed by atoms with Gasteiger partial charge in [0, 0.05) is 24.9 Å². The number of amides is 2. The Balaban J connectivity index is 2.09. The number of H-pyrrole nitrogens is 1. The number of nitrogens with two attached hydrogens (primary N) is 1. The molecule has 8 heteroatoms. The van der Waals surface area contributed by atoms with E-state index < -0.39 is 29.0 Å². The normalized spacial score (nSPS) is 10.4. The number of nitrogens with zero attached hydrogens (tertiary/aromatic N) is 1. The number of hydrogen-bond acceptors (Lipinski definition) is 3. The smallest absolute Gasteiger partial charge is 0.251 e. The van der Waals surface area contributed by atoms with Gasteiger partial charge in [-0.25, -0.2) is 13.8 Å². The van der Waals surface area contributed by atoms with Crippen LogP contribution >= 0.6 is 0 Å². The van der Waals surface area contributed by atoms with Crippen LogP contribution in [0, 0.1) is 11.6 Å². The monoisotopic (exact) mass is 294 g/mol. The summed E-state index contributed by atoms with van der Waals surface area (Å²) in [5.41, 5.74) is 4.71. The molecule has 0 spiro atoms. The fourth-order valence-corrected chi connectivity index (χ4v) is 1.88. The highest BCUT2D eigenvalue weighted by molar-refractivity contribution is 5.95. The molecule has 4 N–H and O–H groups in total. The van der Waals surface area contributed by atoms with Crippen LogP contribution in [-0.4, -0.2) is 21.8 Å². The lowest BCUT2D eigenvalue weighted by Crippen LogP contribution is -2.18. The molecule has 2 amide bonds. The quantitative estimate of drug-likeness (QED) is 0.776. The molecule has 0 aliphatic heterocycles. The van der Waals surface area contributed by atoms with E-state index >= 15 is 0 Å². The molecule has 0 saturated carbocycles. The molecule has 0 bridgehead atoms. The summed E-state index contributed by atoms with van der Waals surface area (Å²) in [5, 5.41) is 2.46. The van der Waals surface area contributed by atoms with Gasteiger partial charge in [0.2, 0.25) is 11.9 Å². The lowest BCUT2D eigenvalue weighted by Gasteiger charge is -2.08. The predicted molar refractivity (Wildman–Crippen MR) is 70.4 cm³/mol. The molecule has 0 saturated heterocycles. The van der Waals surface area contributed by atoms with Gasteiger partial charge in [0.15, 0.2) is 0 Å². The van der Waals surface area contributed by atoms with Crippen LogP contribution in [0.25, 0.3) is 0 Å². The van der Waals surface area contributed by atoms with Crippen molar-refractivity contribution in [1.29, 1.82) is 0 Å². The molecule has 6 nitrogen and oxygen atoms in total. The van der Waals surface area contributed by atoms with Crippen LogP contribution in [0.2, 0.25) is 0 Å². The second-order valence-corrected chi connectivity index (χ2v) is 4.27. The number of rotatable bonds is 5. The molecule has 0 radical (unpaired) electrons. The summed E-state index contributed by atoms with van der Waals surface area (Å²) in [6.07, 6.45) is 2.88. The number of benzene rings is 1. The van der Waals surface area contributed by atoms with E-state index in [0.29, 0.717) is 6.07 Å². The Morgan fingerprint density at radius 1 is 1.33 bits per heavy atom. The molecule has 1 aromatic heterocycles. The number of carbonyl (C=O) groups is 2. The van der Waals surface area contributed by atoms with E-state index in [1.807, 2.05) is 0 Å². The largest absolute Gasteiger partial charge is 0.365 e. The second-order valence-electron chi connectivity index (χ2n) is 4.27. The molecule has 110 valence electrons. The van der Waals surface area contributed by atoms with Gasteiger partial charge >= 0.3 is 0 Å². The number of carbonyl (C=O) groups excluding carboxylic acids is 2. The van der Waals surface area contributed by atoms with Crippen LogP contribution in [0.3, 0.4) is 0 Å². The zero-order chi connectivity index (χ0) is 15.4. The van der Waals surface area contributed by atoms with Crippen molar-refractivity contribution in [1.82, 2.24) is 9.97 Å². The standard InChI is InChI=1S/C13H12F2N4O2/c14-8-5-7(11(12(16)21)9(15)6-8)1-2-10(20)19-13-17-3-4-18-13/h3-6H,1-2H2,(H2,16,21)(H2,17,18,19,20). The number of aromatic nitrogens is 2. The molecule has 2 aromatic rings. The summed E-state index contributed by atoms with van der Waals surface area (Å²) < 4.78 is 26.7. The van der Waals surface area contributed by atoms with Crippen LogP contribution < -0.4 is 11.1 Å². The minimum absolute atomic E-state index is 0.0283. The average Bonchev–Trinajstić information content (AvgIpc) is 2.87. The third-order valence-electron chi connectivity index (χ3n) is 2.76. The highest BCUT2D eigenvalue weighted by Gasteiger charge is 2.17. The maximum atomic E-state index is 13.5. The molecule has 0 aliphatic rings. The van der Waals surface area contributed by atoms with Crippen LogP contribution in [-0.2, 0) is 11.2 Å². The zero-order valence-corrected chi connectivity index (χ0v) is 10.8. The number of aromatic amines is 1. The Labute approximate surface area is 118 Å². The van der Waals surface area contributed by atoms with Crippen molar-refractivity contribution in [2.45, 2.75) is 12.8 Å². The van der Waals surface area contributed by atoms with Crippen molar-refractivity contribution < 1.29 is 18.4 Å². The molecular formula is C13H12F2N4O2. The molecule has 0 aliphatic carbocycles. The first-order chi connectivity index (χ1) is 9.97. The predicted octanol–water partition coefficient (Wildman–Crippen LogP) is 1.36. The molecule has 0 atom stereocenters. The average molecular weight is 294 g/mol. The summed E-state index contributed by atoms with van der Waals surface area (Å²) in [6, 6.07) is 1.57. The number of anilines is 1. The van der Waals surface area contributed by atoms with Crippen LogP contribution in [0.4, 0.5) is 14.7 Å². The summed E-state index contributed by atoms with van der Waals surface area (Å²) in [4.78, 5) is 29.3. The molecule has 0 fully saturated rings. The van der Waals surface area contributed by atoms with E-state index in [0.717, 1.165) is 6.07 Å². The topological polar surface area (TPSA) is 101 Å². The van der Waals surface area contributed by atoms with E-state index in [9.17, 15) is 18.4 Å². The Hall–Kier alpha value is -2.77. The van der Waals surface area contributed by atoms with Crippen LogP contribution in [0.15, 0.2) is 24.5 Å². The number of aryl methyl sites for hydroxylation is 1. The SMILES string of the molecule is NC(=O)c1c(F)cc(F)cc1CCC(=O)Nc1ncc[nH]1. The Morgan fingerprint density at radius 3 is 2.71 bits per heavy atom. The van der Waals surface area contributed by atoms with Crippen molar-refractivity contribution in [3.8, 4) is 0 Å². The summed E-state index contributed by atoms with van der Waals surface area (Å²) in [5.74, 6) is -3.03. The van der Waals surface area contributed by atoms with E-state index in [1.54, 1.807) is 0 Å². The highest BCUT2D eigenvalue weighted by Crippen LogP contribution is 2.17. The van der Waals surface area contributed by atoms with E-state index in [4.69, 9.17) is 5.73 Å². The first-order valence-corrected chi connectivity index (χ1v) is 6.04. The number of hydrogen-bond donors (Lipinski definition) is 3. The Bertz CT molecular complexity index is 671. The molecule has 1 heterocycles. The van der Waals surface area contributed by atoms with Crippen LogP contribution in [0.5, 0.6) is 0 Å². The van der Waals surface area contributed by atoms with E-state index in [-0.39, 0.29) is 24.4 Å². The Morgan fingerprint density at radius 2 is 2.10 bits per heavy atom. The summed E-state index contributed by atoms with van der Waals surface area (Å²) >= 11 is 0. The van der Waals surface area contributed by atoms with Crippen molar-refractivity contribution in [3.63, 3.8) is 0 Å². The number of imidazole rings is 1. The van der Waals surface area contributed by atoms with Gasteiger partial charge in [0.25, 0.3) is 5.91 Å². The van der Waals surface area contributed by atoms with Gasteiger partial charge < -0.3 is 10.7 Å². The van der Waals surface area contributed by atoms with Crippen molar-refractivity contribution in [2.75, 3.05) is 5.32 Å². The molecule has 1 aromatic carbocycles. The zero-order valence-electron chi connectivity index (χ0n) is 10.8. The van der Waals surface area contributed by atoms with Gasteiger partial charge in [-0.1, -0.05) is 0 Å². The third kappa shape index (κ3) is 3.62. The van der Waals surface area contributed by atoms with Crippen molar-refractivity contribution in [2.24, 2.45) is 5.73 Å². The first kappa shape index (κ1) is 14.6. The minimum atomic E-state index is -1.04. The van der Waals surface area contributed by atoms with Gasteiger partial charge in [0.1, 0.15) is 11.6 Å². The minimum Gasteiger partial charge on any atom is -0.365 e. The lowest BCUT2D eigenvalue weighted by atomic mass is 10.0. The van der Waals surface area contributed by atoms with Crippen LogP contribution in [0.1, 0.15) is 22.3 Å². The number of primary amides is 1. The Kier molecular flexibility index (Phi) is 4.27. The van der Waals surface area contributed by atoms with E-state index in [2.05, 4.69) is 15.3 Å². The number of nitrogens with one attached hydrogen (secondary N) is 2. The van der Waals surface area contributed by atoms with Gasteiger partial charge in [-0.15, -0.1) is 0 Å². The maximum Gasteiger partial charge on any atom is 0.251 e. The van der Waals surface area contributed by atoms with Gasteiger partial charge in [-0.05, 0) is 18.1 Å². The number of halogens is 2. The highest BCUT2D eigenvalue weighted by atomic mass is 19.1. The summed E-state index contributed by atoms with van der Waals surface area (Å²) in [6.45, 7) is 0. The van der Waals surface area contributed by atoms with E-state index in [1.165, 1.54) is 12.4 Å². The summed E-state index contributed by atoms with van der Waals surface area (Å²) in [7, 11) is 0. The maximum absolute atomic E-state index is 13.5. The molecule has 21 heavy (non-hydrogen) atoms. The van der Waals surface area contributed by atoms with Gasteiger partial charge in [-0.2, -0.15) is 0 Å². The fraction of sp³-hybridized carbons (Fsp3) is 0.154. The first-order valence-electron chi connectivity index (χ1n) is 6.04. The van der Waals surface area contributed by atoms with Crippen molar-refractivity contribution >= 4 is 17.8 Å². The van der Waals surface area contributed by atoms with Gasteiger partial charge in [-0.3, -0.25) is 14.9 Å². The molecular weight excluding hydrogens is 282 g/mol. The molecule has 2 rings (SSSR count). The second kappa shape index (κ2) is 6.12. The molecule has 0 unspecified atom stereocenters. The third-order valence-corrected chi connectivity index (χ3v) is 2.76.